The summed E-state index contributed by atoms with van der Waals surface area (Å²) in [6.45, 7) is 1.51. The second-order valence-corrected chi connectivity index (χ2v) is 8.74. The highest BCUT2D eigenvalue weighted by molar-refractivity contribution is 5.91. The molecule has 0 unspecified atom stereocenters. The number of carbonyl (C=O) groups is 2. The summed E-state index contributed by atoms with van der Waals surface area (Å²) in [4.78, 5) is 24.0. The Hall–Kier alpha value is -1.00. The third-order valence-electron chi connectivity index (χ3n) is 8.06. The van der Waals surface area contributed by atoms with E-state index in [4.69, 9.17) is 0 Å². The molecule has 4 nitrogen and oxygen atoms in total. The molecule has 4 aliphatic rings. The van der Waals surface area contributed by atoms with Crippen molar-refractivity contribution in [2.75, 3.05) is 6.61 Å². The van der Waals surface area contributed by atoms with E-state index >= 15 is 0 Å². The van der Waals surface area contributed by atoms with E-state index in [0.29, 0.717) is 36.5 Å². The summed E-state index contributed by atoms with van der Waals surface area (Å²) in [6, 6.07) is 0. The van der Waals surface area contributed by atoms with Gasteiger partial charge in [-0.1, -0.05) is 12.5 Å². The van der Waals surface area contributed by atoms with Crippen LogP contribution in [-0.2, 0) is 9.59 Å². The number of allylic oxidation sites excluding steroid dienone is 1. The zero-order valence-corrected chi connectivity index (χ0v) is 14.5. The largest absolute Gasteiger partial charge is 0.388 e. The van der Waals surface area contributed by atoms with Crippen LogP contribution in [0.3, 0.4) is 0 Å². The van der Waals surface area contributed by atoms with Crippen molar-refractivity contribution in [1.29, 1.82) is 0 Å². The summed E-state index contributed by atoms with van der Waals surface area (Å²) in [7, 11) is 0. The van der Waals surface area contributed by atoms with Gasteiger partial charge in [0, 0.05) is 11.8 Å². The zero-order chi connectivity index (χ0) is 17.1. The van der Waals surface area contributed by atoms with Crippen molar-refractivity contribution in [2.45, 2.75) is 63.9 Å². The van der Waals surface area contributed by atoms with Crippen molar-refractivity contribution < 1.29 is 19.8 Å². The molecule has 3 saturated carbocycles. The number of aliphatic hydroxyl groups is 2. The van der Waals surface area contributed by atoms with Crippen LogP contribution in [0.25, 0.3) is 0 Å². The molecule has 0 aromatic carbocycles. The highest BCUT2D eigenvalue weighted by Crippen LogP contribution is 2.64. The molecular formula is C20H28O4. The van der Waals surface area contributed by atoms with E-state index in [1.807, 2.05) is 6.08 Å². The standard InChI is InChI=1S/C20H28O4/c1-19-8-6-15-14-5-3-13(22)10-12(14)2-4-16(15)17(19)7-9-20(19,24)18(23)11-21/h10,14-17,21,24H,2-9,11H2,1H3/t14-,15+,16+,17-,19-,20+/m0/s1. The second kappa shape index (κ2) is 5.50. The van der Waals surface area contributed by atoms with Gasteiger partial charge in [0.05, 0.1) is 0 Å². The first-order valence-corrected chi connectivity index (χ1v) is 9.50. The minimum Gasteiger partial charge on any atom is -0.388 e. The van der Waals surface area contributed by atoms with Gasteiger partial charge in [0.2, 0.25) is 0 Å². The van der Waals surface area contributed by atoms with Gasteiger partial charge < -0.3 is 10.2 Å². The Morgan fingerprint density at radius 2 is 1.96 bits per heavy atom. The molecule has 132 valence electrons. The van der Waals surface area contributed by atoms with E-state index in [2.05, 4.69) is 6.92 Å². The molecule has 24 heavy (non-hydrogen) atoms. The second-order valence-electron chi connectivity index (χ2n) is 8.74. The maximum atomic E-state index is 12.3. The lowest BCUT2D eigenvalue weighted by Crippen LogP contribution is -2.56. The van der Waals surface area contributed by atoms with Gasteiger partial charge in [0.15, 0.2) is 11.6 Å². The average molecular weight is 332 g/mol. The number of fused-ring (bicyclic) bond motifs is 5. The summed E-state index contributed by atoms with van der Waals surface area (Å²) in [6.07, 6.45) is 8.86. The SMILES string of the molecule is C[C@]12CC[C@H]3[C@@H](CCC4=CC(=O)CC[C@@H]43)[C@@H]1CC[C@@]2(O)C(=O)CO. The van der Waals surface area contributed by atoms with Crippen LogP contribution in [0, 0.1) is 29.1 Å². The Balaban J connectivity index is 1.64. The normalized spacial score (nSPS) is 47.5. The molecule has 0 heterocycles. The summed E-state index contributed by atoms with van der Waals surface area (Å²) >= 11 is 0. The first-order valence-electron chi connectivity index (χ1n) is 9.50. The lowest BCUT2D eigenvalue weighted by atomic mass is 9.50. The average Bonchev–Trinajstić information content (AvgIpc) is 2.86. The molecule has 0 saturated heterocycles. The molecule has 0 aromatic rings. The van der Waals surface area contributed by atoms with Gasteiger partial charge in [-0.25, -0.2) is 0 Å². The lowest BCUT2D eigenvalue weighted by molar-refractivity contribution is -0.162. The van der Waals surface area contributed by atoms with Gasteiger partial charge in [-0.15, -0.1) is 0 Å². The van der Waals surface area contributed by atoms with E-state index in [-0.39, 0.29) is 5.78 Å². The van der Waals surface area contributed by atoms with Gasteiger partial charge >= 0.3 is 0 Å². The number of aliphatic hydroxyl groups excluding tert-OH is 1. The monoisotopic (exact) mass is 332 g/mol. The van der Waals surface area contributed by atoms with Crippen LogP contribution < -0.4 is 0 Å². The Morgan fingerprint density at radius 1 is 1.17 bits per heavy atom. The van der Waals surface area contributed by atoms with Crippen LogP contribution in [0.1, 0.15) is 58.3 Å². The molecule has 0 spiro atoms. The molecule has 0 aromatic heterocycles. The van der Waals surface area contributed by atoms with E-state index in [1.54, 1.807) is 0 Å². The van der Waals surface area contributed by atoms with Crippen LogP contribution in [-0.4, -0.2) is 34.0 Å². The first kappa shape index (κ1) is 16.5. The number of hydrogen-bond acceptors (Lipinski definition) is 4. The molecule has 4 heteroatoms. The van der Waals surface area contributed by atoms with Crippen LogP contribution >= 0.6 is 0 Å². The summed E-state index contributed by atoms with van der Waals surface area (Å²) in [5.74, 6) is 1.92. The predicted octanol–water partition coefficient (Wildman–Crippen LogP) is 2.42. The fourth-order valence-corrected chi connectivity index (χ4v) is 6.79. The highest BCUT2D eigenvalue weighted by Gasteiger charge is 2.64. The quantitative estimate of drug-likeness (QED) is 0.814. The van der Waals surface area contributed by atoms with Gasteiger partial charge in [0.1, 0.15) is 12.2 Å². The Bertz CT molecular complexity index is 609. The molecule has 0 amide bonds. The van der Waals surface area contributed by atoms with Crippen LogP contribution in [0.15, 0.2) is 11.6 Å². The molecule has 2 N–H and O–H groups in total. The minimum absolute atomic E-state index is 0.282. The van der Waals surface area contributed by atoms with Gasteiger partial charge in [-0.2, -0.15) is 0 Å². The fourth-order valence-electron chi connectivity index (χ4n) is 6.79. The smallest absolute Gasteiger partial charge is 0.190 e. The Kier molecular flexibility index (Phi) is 3.77. The summed E-state index contributed by atoms with van der Waals surface area (Å²) < 4.78 is 0. The number of rotatable bonds is 2. The van der Waals surface area contributed by atoms with Crippen molar-refractivity contribution >= 4 is 11.6 Å². The lowest BCUT2D eigenvalue weighted by Gasteiger charge is -2.55. The van der Waals surface area contributed by atoms with Crippen molar-refractivity contribution in [3.8, 4) is 0 Å². The van der Waals surface area contributed by atoms with Crippen LogP contribution in [0.2, 0.25) is 0 Å². The molecule has 0 aliphatic heterocycles. The topological polar surface area (TPSA) is 74.6 Å². The third kappa shape index (κ3) is 2.05. The van der Waals surface area contributed by atoms with Crippen LogP contribution in [0.5, 0.6) is 0 Å². The number of carbonyl (C=O) groups excluding carboxylic acids is 2. The molecule has 0 radical (unpaired) electrons. The molecule has 4 rings (SSSR count). The maximum absolute atomic E-state index is 12.3. The first-order chi connectivity index (χ1) is 11.4. The van der Waals surface area contributed by atoms with Crippen molar-refractivity contribution in [3.63, 3.8) is 0 Å². The third-order valence-corrected chi connectivity index (χ3v) is 8.06. The molecular weight excluding hydrogens is 304 g/mol. The Labute approximate surface area is 143 Å². The summed E-state index contributed by atoms with van der Waals surface area (Å²) in [5.41, 5.74) is -0.397. The molecule has 0 bridgehead atoms. The fraction of sp³-hybridized carbons (Fsp3) is 0.800. The maximum Gasteiger partial charge on any atom is 0.190 e. The number of ketones is 2. The van der Waals surface area contributed by atoms with Crippen molar-refractivity contribution in [2.24, 2.45) is 29.1 Å². The van der Waals surface area contributed by atoms with E-state index in [1.165, 1.54) is 5.57 Å². The number of Topliss-reactive ketones (excluding diaryl/α,β-unsaturated/α-hetero) is 1. The van der Waals surface area contributed by atoms with Gasteiger partial charge in [-0.05, 0) is 74.7 Å². The zero-order valence-electron chi connectivity index (χ0n) is 14.5. The molecule has 6 atom stereocenters. The van der Waals surface area contributed by atoms with E-state index in [9.17, 15) is 19.8 Å². The molecule has 3 fully saturated rings. The number of hydrogen-bond donors (Lipinski definition) is 2. The van der Waals surface area contributed by atoms with Crippen LogP contribution in [0.4, 0.5) is 0 Å². The van der Waals surface area contributed by atoms with Crippen molar-refractivity contribution in [1.82, 2.24) is 0 Å². The van der Waals surface area contributed by atoms with Crippen molar-refractivity contribution in [3.05, 3.63) is 11.6 Å². The predicted molar refractivity (Wildman–Crippen MR) is 89.1 cm³/mol. The van der Waals surface area contributed by atoms with Gasteiger partial charge in [0.25, 0.3) is 0 Å². The highest BCUT2D eigenvalue weighted by atomic mass is 16.3. The Morgan fingerprint density at radius 3 is 2.71 bits per heavy atom. The summed E-state index contributed by atoms with van der Waals surface area (Å²) in [5, 5.41) is 20.4. The van der Waals surface area contributed by atoms with E-state index in [0.717, 1.165) is 38.5 Å². The van der Waals surface area contributed by atoms with E-state index < -0.39 is 23.4 Å². The van der Waals surface area contributed by atoms with Gasteiger partial charge in [-0.3, -0.25) is 9.59 Å². The molecule has 4 aliphatic carbocycles. The minimum atomic E-state index is -1.35.